The number of aryl methyl sites for hydroxylation is 1. The average Bonchev–Trinajstić information content (AvgIpc) is 2.89. The number of thiazole rings is 1. The molecular formula is C12H19N3S. The van der Waals surface area contributed by atoms with E-state index in [1.165, 1.54) is 42.9 Å². The molecule has 1 aliphatic carbocycles. The number of likely N-dealkylation sites (tertiary alicyclic amines) is 1. The topological polar surface area (TPSA) is 28.2 Å². The zero-order chi connectivity index (χ0) is 11.0. The zero-order valence-corrected chi connectivity index (χ0v) is 10.6. The SMILES string of the molecule is Cc1ncsc1CNC1CCN(C2CC2)C1. The molecule has 1 unspecified atom stereocenters. The summed E-state index contributed by atoms with van der Waals surface area (Å²) in [5.41, 5.74) is 3.13. The summed E-state index contributed by atoms with van der Waals surface area (Å²) in [6, 6.07) is 1.62. The van der Waals surface area contributed by atoms with Gasteiger partial charge in [0, 0.05) is 36.6 Å². The van der Waals surface area contributed by atoms with Crippen molar-refractivity contribution >= 4 is 11.3 Å². The first-order valence-electron chi connectivity index (χ1n) is 6.19. The van der Waals surface area contributed by atoms with E-state index in [2.05, 4.69) is 22.1 Å². The number of rotatable bonds is 4. The summed E-state index contributed by atoms with van der Waals surface area (Å²) >= 11 is 1.77. The normalized spacial score (nSPS) is 26.4. The fourth-order valence-electron chi connectivity index (χ4n) is 2.46. The van der Waals surface area contributed by atoms with Gasteiger partial charge in [0.05, 0.1) is 11.2 Å². The third-order valence-electron chi connectivity index (χ3n) is 3.68. The van der Waals surface area contributed by atoms with Gasteiger partial charge >= 0.3 is 0 Å². The van der Waals surface area contributed by atoms with E-state index in [4.69, 9.17) is 0 Å². The maximum absolute atomic E-state index is 4.28. The highest BCUT2D eigenvalue weighted by Gasteiger charge is 2.34. The highest BCUT2D eigenvalue weighted by molar-refractivity contribution is 7.09. The van der Waals surface area contributed by atoms with Crippen LogP contribution in [0.15, 0.2) is 5.51 Å². The van der Waals surface area contributed by atoms with Crippen molar-refractivity contribution in [2.75, 3.05) is 13.1 Å². The number of nitrogens with zero attached hydrogens (tertiary/aromatic N) is 2. The van der Waals surface area contributed by atoms with Gasteiger partial charge in [-0.3, -0.25) is 4.90 Å². The van der Waals surface area contributed by atoms with Crippen LogP contribution in [0.3, 0.4) is 0 Å². The highest BCUT2D eigenvalue weighted by Crippen LogP contribution is 2.29. The molecule has 1 aromatic rings. The summed E-state index contributed by atoms with van der Waals surface area (Å²) < 4.78 is 0. The Hall–Kier alpha value is -0.450. The highest BCUT2D eigenvalue weighted by atomic mass is 32.1. The Kier molecular flexibility index (Phi) is 2.96. The summed E-state index contributed by atoms with van der Waals surface area (Å²) in [4.78, 5) is 8.33. The predicted molar refractivity (Wildman–Crippen MR) is 66.7 cm³/mol. The Labute approximate surface area is 101 Å². The summed E-state index contributed by atoms with van der Waals surface area (Å²) in [5.74, 6) is 0. The Morgan fingerprint density at radius 2 is 2.38 bits per heavy atom. The molecule has 0 radical (unpaired) electrons. The zero-order valence-electron chi connectivity index (χ0n) is 9.78. The van der Waals surface area contributed by atoms with Crippen LogP contribution in [0.4, 0.5) is 0 Å². The van der Waals surface area contributed by atoms with Gasteiger partial charge in [0.1, 0.15) is 0 Å². The van der Waals surface area contributed by atoms with Gasteiger partial charge < -0.3 is 5.32 Å². The first kappa shape index (κ1) is 10.7. The number of aromatic nitrogens is 1. The van der Waals surface area contributed by atoms with Crippen LogP contribution in [0, 0.1) is 6.92 Å². The second-order valence-corrected chi connectivity index (χ2v) is 5.89. The fourth-order valence-corrected chi connectivity index (χ4v) is 3.19. The molecule has 16 heavy (non-hydrogen) atoms. The molecule has 1 N–H and O–H groups in total. The molecule has 2 fully saturated rings. The molecule has 4 heteroatoms. The lowest BCUT2D eigenvalue weighted by atomic mass is 10.2. The van der Waals surface area contributed by atoms with Gasteiger partial charge in [-0.05, 0) is 26.2 Å². The second-order valence-electron chi connectivity index (χ2n) is 4.95. The molecule has 1 saturated heterocycles. The van der Waals surface area contributed by atoms with Crippen LogP contribution in [-0.2, 0) is 6.54 Å². The molecule has 1 aromatic heterocycles. The molecule has 2 heterocycles. The van der Waals surface area contributed by atoms with Crippen LogP contribution < -0.4 is 5.32 Å². The number of hydrogen-bond donors (Lipinski definition) is 1. The minimum atomic E-state index is 0.696. The standard InChI is InChI=1S/C12H19N3S/c1-9-12(16-8-14-9)6-13-10-4-5-15(7-10)11-2-3-11/h8,10-11,13H,2-7H2,1H3. The monoisotopic (exact) mass is 237 g/mol. The molecule has 2 aliphatic rings. The first-order valence-corrected chi connectivity index (χ1v) is 7.07. The summed E-state index contributed by atoms with van der Waals surface area (Å²) in [6.07, 6.45) is 4.18. The van der Waals surface area contributed by atoms with Crippen molar-refractivity contribution in [3.63, 3.8) is 0 Å². The molecular weight excluding hydrogens is 218 g/mol. The summed E-state index contributed by atoms with van der Waals surface area (Å²) in [6.45, 7) is 5.64. The fraction of sp³-hybridized carbons (Fsp3) is 0.750. The Morgan fingerprint density at radius 1 is 1.50 bits per heavy atom. The van der Waals surface area contributed by atoms with Gasteiger partial charge in [0.15, 0.2) is 0 Å². The Balaban J connectivity index is 1.47. The largest absolute Gasteiger partial charge is 0.308 e. The summed E-state index contributed by atoms with van der Waals surface area (Å²) in [5, 5.41) is 3.67. The molecule has 88 valence electrons. The second kappa shape index (κ2) is 4.43. The Morgan fingerprint density at radius 3 is 3.06 bits per heavy atom. The molecule has 3 rings (SSSR count). The average molecular weight is 237 g/mol. The van der Waals surface area contributed by atoms with Gasteiger partial charge in [-0.1, -0.05) is 0 Å². The molecule has 0 aromatic carbocycles. The molecule has 0 amide bonds. The van der Waals surface area contributed by atoms with Crippen LogP contribution in [0.1, 0.15) is 29.8 Å². The van der Waals surface area contributed by atoms with Gasteiger partial charge in [0.25, 0.3) is 0 Å². The van der Waals surface area contributed by atoms with Crippen molar-refractivity contribution in [2.45, 2.75) is 44.8 Å². The predicted octanol–water partition coefficient (Wildman–Crippen LogP) is 1.78. The lowest BCUT2D eigenvalue weighted by Gasteiger charge is -2.15. The van der Waals surface area contributed by atoms with Crippen molar-refractivity contribution in [3.8, 4) is 0 Å². The lowest BCUT2D eigenvalue weighted by Crippen LogP contribution is -2.32. The van der Waals surface area contributed by atoms with Crippen LogP contribution in [0.5, 0.6) is 0 Å². The lowest BCUT2D eigenvalue weighted by molar-refractivity contribution is 0.317. The van der Waals surface area contributed by atoms with Crippen LogP contribution in [0.2, 0.25) is 0 Å². The first-order chi connectivity index (χ1) is 7.83. The summed E-state index contributed by atoms with van der Waals surface area (Å²) in [7, 11) is 0. The molecule has 1 saturated carbocycles. The van der Waals surface area contributed by atoms with Crippen LogP contribution >= 0.6 is 11.3 Å². The van der Waals surface area contributed by atoms with Gasteiger partial charge in [0.2, 0.25) is 0 Å². The van der Waals surface area contributed by atoms with Crippen molar-refractivity contribution in [1.29, 1.82) is 0 Å². The van der Waals surface area contributed by atoms with Gasteiger partial charge in [-0.2, -0.15) is 0 Å². The molecule has 1 aliphatic heterocycles. The van der Waals surface area contributed by atoms with E-state index in [1.54, 1.807) is 11.3 Å². The number of hydrogen-bond acceptors (Lipinski definition) is 4. The van der Waals surface area contributed by atoms with E-state index in [1.807, 2.05) is 5.51 Å². The van der Waals surface area contributed by atoms with E-state index in [0.29, 0.717) is 6.04 Å². The maximum Gasteiger partial charge on any atom is 0.0798 e. The smallest absolute Gasteiger partial charge is 0.0798 e. The van der Waals surface area contributed by atoms with Crippen molar-refractivity contribution < 1.29 is 0 Å². The third kappa shape index (κ3) is 2.29. The van der Waals surface area contributed by atoms with Crippen molar-refractivity contribution in [3.05, 3.63) is 16.1 Å². The Bertz CT molecular complexity index is 359. The maximum atomic E-state index is 4.28. The number of nitrogens with one attached hydrogen (secondary N) is 1. The van der Waals surface area contributed by atoms with E-state index >= 15 is 0 Å². The quantitative estimate of drug-likeness (QED) is 0.865. The minimum Gasteiger partial charge on any atom is -0.308 e. The molecule has 0 spiro atoms. The molecule has 0 bridgehead atoms. The van der Waals surface area contributed by atoms with E-state index in [9.17, 15) is 0 Å². The van der Waals surface area contributed by atoms with Gasteiger partial charge in [-0.15, -0.1) is 11.3 Å². The minimum absolute atomic E-state index is 0.696. The molecule has 3 nitrogen and oxygen atoms in total. The van der Waals surface area contributed by atoms with Gasteiger partial charge in [-0.25, -0.2) is 4.98 Å². The van der Waals surface area contributed by atoms with E-state index < -0.39 is 0 Å². The van der Waals surface area contributed by atoms with E-state index in [0.717, 1.165) is 12.6 Å². The van der Waals surface area contributed by atoms with Crippen molar-refractivity contribution in [1.82, 2.24) is 15.2 Å². The van der Waals surface area contributed by atoms with Crippen molar-refractivity contribution in [2.24, 2.45) is 0 Å². The van der Waals surface area contributed by atoms with Crippen LogP contribution in [0.25, 0.3) is 0 Å². The molecule has 1 atom stereocenters. The van der Waals surface area contributed by atoms with Crippen LogP contribution in [-0.4, -0.2) is 35.1 Å². The third-order valence-corrected chi connectivity index (χ3v) is 4.61. The van der Waals surface area contributed by atoms with E-state index in [-0.39, 0.29) is 0 Å².